The fraction of sp³-hybridized carbons (Fsp3) is 1.00. The Morgan fingerprint density at radius 2 is 1.62 bits per heavy atom. The molecule has 0 nitrogen and oxygen atoms in total. The standard InChI is InChI=1S/C8H18S.3CH3.Sn/c1-3-5-6-8(4-2)7-9;;;;/h8-9H,3-7H2,1-2H3;3*1H3;/q;;;;+1/p-1. The Labute approximate surface area is 98.0 Å². The van der Waals surface area contributed by atoms with Crippen LogP contribution < -0.4 is 0 Å². The van der Waals surface area contributed by atoms with Crippen LogP contribution in [0.25, 0.3) is 0 Å². The van der Waals surface area contributed by atoms with Gasteiger partial charge in [0.25, 0.3) is 0 Å². The van der Waals surface area contributed by atoms with Gasteiger partial charge in [-0.15, -0.1) is 0 Å². The van der Waals surface area contributed by atoms with Gasteiger partial charge >= 0.3 is 34.6 Å². The molecule has 0 aromatic rings. The molecule has 1 unspecified atom stereocenters. The van der Waals surface area contributed by atoms with Crippen molar-refractivity contribution in [1.29, 1.82) is 0 Å². The third-order valence-electron chi connectivity index (χ3n) is 1.78. The molecule has 80 valence electrons. The summed E-state index contributed by atoms with van der Waals surface area (Å²) in [6.45, 7) is 4.46. The first-order valence-electron chi connectivity index (χ1n) is 5.43. The van der Waals surface area contributed by atoms with E-state index in [1.807, 2.05) is 0 Å². The molecule has 0 saturated carbocycles. The van der Waals surface area contributed by atoms with Crippen LogP contribution in [0.5, 0.6) is 0 Å². The molecule has 0 spiro atoms. The van der Waals surface area contributed by atoms with Crippen molar-refractivity contribution in [3.63, 3.8) is 0 Å². The predicted octanol–water partition coefficient (Wildman–Crippen LogP) is 4.12. The maximum atomic E-state index is 4.99. The molecular weight excluding hydrogens is 283 g/mol. The van der Waals surface area contributed by atoms with Crippen molar-refractivity contribution in [2.45, 2.75) is 54.3 Å². The van der Waals surface area contributed by atoms with E-state index in [1.54, 1.807) is 0 Å². The summed E-state index contributed by atoms with van der Waals surface area (Å²) in [6, 6.07) is 0. The molecule has 0 heterocycles. The number of unbranched alkanes of at least 4 members (excludes halogenated alkanes) is 1. The quantitative estimate of drug-likeness (QED) is 0.544. The normalized spacial score (nSPS) is 11.5. The molecule has 0 rings (SSSR count). The van der Waals surface area contributed by atoms with E-state index in [0.29, 0.717) is 0 Å². The van der Waals surface area contributed by atoms with Gasteiger partial charge in [0, 0.05) is 0 Å². The zero-order valence-corrected chi connectivity index (χ0v) is 13.7. The first-order chi connectivity index (χ1) is 6.08. The summed E-state index contributed by atoms with van der Waals surface area (Å²) >= 11 is 4.44. The van der Waals surface area contributed by atoms with Crippen LogP contribution in [-0.4, -0.2) is 25.5 Å². The summed E-state index contributed by atoms with van der Waals surface area (Å²) < 4.78 is 0. The predicted molar refractivity (Wildman–Crippen MR) is 68.9 cm³/mol. The van der Waals surface area contributed by atoms with Crippen molar-refractivity contribution in [3.8, 4) is 0 Å². The minimum atomic E-state index is -0.543. The number of rotatable bonds is 5. The van der Waals surface area contributed by atoms with Crippen LogP contribution in [0.3, 0.4) is 0 Å². The van der Waals surface area contributed by atoms with Gasteiger partial charge in [-0.3, -0.25) is 0 Å². The van der Waals surface area contributed by atoms with E-state index in [4.69, 9.17) is 12.6 Å². The molecule has 0 aliphatic carbocycles. The van der Waals surface area contributed by atoms with Crippen LogP contribution >= 0.6 is 0 Å². The van der Waals surface area contributed by atoms with Crippen molar-refractivity contribution in [2.75, 3.05) is 5.75 Å². The fourth-order valence-electron chi connectivity index (χ4n) is 0.898. The minimum absolute atomic E-state index is 0.543. The van der Waals surface area contributed by atoms with Crippen LogP contribution in [0.2, 0.25) is 14.8 Å². The molecular formula is C11H26SSn. The molecule has 0 bridgehead atoms. The van der Waals surface area contributed by atoms with Crippen LogP contribution in [0.1, 0.15) is 39.5 Å². The van der Waals surface area contributed by atoms with Gasteiger partial charge in [-0.25, -0.2) is 0 Å². The van der Waals surface area contributed by atoms with Gasteiger partial charge in [0.2, 0.25) is 0 Å². The summed E-state index contributed by atoms with van der Waals surface area (Å²) in [7, 11) is 0. The maximum absolute atomic E-state index is 4.99. The molecule has 0 amide bonds. The molecule has 0 saturated heterocycles. The summed E-state index contributed by atoms with van der Waals surface area (Å²) in [5.41, 5.74) is 0. The second-order valence-corrected chi connectivity index (χ2v) is 13.0. The molecule has 0 aromatic heterocycles. The molecule has 1 atom stereocenters. The van der Waals surface area contributed by atoms with E-state index >= 15 is 0 Å². The van der Waals surface area contributed by atoms with Gasteiger partial charge in [0.15, 0.2) is 0 Å². The molecule has 0 aliphatic rings. The van der Waals surface area contributed by atoms with E-state index in [0.717, 1.165) is 11.7 Å². The average molecular weight is 309 g/mol. The van der Waals surface area contributed by atoms with Crippen molar-refractivity contribution in [1.82, 2.24) is 0 Å². The van der Waals surface area contributed by atoms with E-state index in [9.17, 15) is 0 Å². The van der Waals surface area contributed by atoms with Gasteiger partial charge in [-0.2, -0.15) is 5.75 Å². The first kappa shape index (κ1) is 16.6. The summed E-state index contributed by atoms with van der Waals surface area (Å²) in [4.78, 5) is 7.09. The average Bonchev–Trinajstić information content (AvgIpc) is 2.06. The molecule has 13 heavy (non-hydrogen) atoms. The van der Waals surface area contributed by atoms with Crippen molar-refractivity contribution in [2.24, 2.45) is 5.92 Å². The summed E-state index contributed by atoms with van der Waals surface area (Å²) in [6.07, 6.45) is 5.28. The Balaban J connectivity index is 0. The molecule has 0 radical (unpaired) electrons. The molecule has 0 fully saturated rings. The third kappa shape index (κ3) is 19.5. The van der Waals surface area contributed by atoms with Gasteiger partial charge in [-0.05, 0) is 0 Å². The van der Waals surface area contributed by atoms with Gasteiger partial charge in [0.05, 0.1) is 0 Å². The van der Waals surface area contributed by atoms with Crippen LogP contribution in [-0.2, 0) is 12.6 Å². The number of hydrogen-bond acceptors (Lipinski definition) is 1. The van der Waals surface area contributed by atoms with Crippen LogP contribution in [0.15, 0.2) is 0 Å². The molecule has 0 aliphatic heterocycles. The Morgan fingerprint density at radius 1 is 1.15 bits per heavy atom. The fourth-order valence-corrected chi connectivity index (χ4v) is 1.30. The van der Waals surface area contributed by atoms with Gasteiger partial charge in [-0.1, -0.05) is 45.4 Å². The Morgan fingerprint density at radius 3 is 1.85 bits per heavy atom. The first-order valence-corrected chi connectivity index (χ1v) is 14.6. The molecule has 0 N–H and O–H groups in total. The second kappa shape index (κ2) is 13.1. The summed E-state index contributed by atoms with van der Waals surface area (Å²) in [5, 5.41) is 0. The van der Waals surface area contributed by atoms with Crippen LogP contribution in [0, 0.1) is 5.92 Å². The Kier molecular flexibility index (Phi) is 16.8. The van der Waals surface area contributed by atoms with Crippen molar-refractivity contribution in [3.05, 3.63) is 0 Å². The van der Waals surface area contributed by atoms with E-state index in [-0.39, 0.29) is 0 Å². The molecule has 0 aromatic carbocycles. The summed E-state index contributed by atoms with van der Waals surface area (Å²) in [5.74, 6) is 1.77. The van der Waals surface area contributed by atoms with E-state index < -0.39 is 19.8 Å². The van der Waals surface area contributed by atoms with Crippen LogP contribution in [0.4, 0.5) is 0 Å². The zero-order chi connectivity index (χ0) is 10.7. The van der Waals surface area contributed by atoms with E-state index in [2.05, 4.69) is 28.7 Å². The SMILES string of the molecule is CCCCC(CC)C[S-].[CH3][Sn+]([CH3])[CH3]. The Hall–Kier alpha value is 1.15. The second-order valence-electron chi connectivity index (χ2n) is 4.08. The monoisotopic (exact) mass is 310 g/mol. The topological polar surface area (TPSA) is 0 Å². The third-order valence-corrected chi connectivity index (χ3v) is 2.25. The van der Waals surface area contributed by atoms with Crippen molar-refractivity contribution >= 4 is 32.4 Å². The van der Waals surface area contributed by atoms with Gasteiger partial charge < -0.3 is 12.6 Å². The number of hydrogen-bond donors (Lipinski definition) is 0. The Bertz CT molecular complexity index is 77.4. The van der Waals surface area contributed by atoms with E-state index in [1.165, 1.54) is 25.7 Å². The van der Waals surface area contributed by atoms with Gasteiger partial charge in [0.1, 0.15) is 0 Å². The molecule has 2 heteroatoms. The van der Waals surface area contributed by atoms with Crippen molar-refractivity contribution < 1.29 is 0 Å². The zero-order valence-electron chi connectivity index (χ0n) is 10.0.